The maximum atomic E-state index is 4.58. The first-order chi connectivity index (χ1) is 17.9. The fourth-order valence-electron chi connectivity index (χ4n) is 4.98. The number of benzene rings is 3. The van der Waals surface area contributed by atoms with Crippen LogP contribution in [-0.4, -0.2) is 19.7 Å². The average molecular weight is 464 g/mol. The molecule has 6 aromatic rings. The van der Waals surface area contributed by atoms with Gasteiger partial charge in [0, 0.05) is 58.9 Å². The smallest absolute Gasteiger partial charge is 0.0702 e. The van der Waals surface area contributed by atoms with Crippen molar-refractivity contribution in [3.8, 4) is 39.2 Å². The van der Waals surface area contributed by atoms with Gasteiger partial charge in [0.25, 0.3) is 0 Å². The van der Waals surface area contributed by atoms with Crippen LogP contribution in [0.2, 0.25) is 0 Å². The number of pyridine rings is 2. The fourth-order valence-corrected chi connectivity index (χ4v) is 4.98. The molecule has 7 rings (SSSR count). The van der Waals surface area contributed by atoms with E-state index in [1.165, 1.54) is 0 Å². The third-order valence-electron chi connectivity index (χ3n) is 6.60. The average Bonchev–Trinajstić information content (AvgIpc) is 3.46. The SMILES string of the molecule is c1ccc(-c2cccc(N3c4ccccc4-c4cnccc4-c4ccc(-n5cccn5)cc43)c2)nc1. The topological polar surface area (TPSA) is 46.8 Å². The van der Waals surface area contributed by atoms with Crippen LogP contribution in [-0.2, 0) is 0 Å². The lowest BCUT2D eigenvalue weighted by molar-refractivity contribution is 0.880. The van der Waals surface area contributed by atoms with E-state index in [0.717, 1.165) is 56.3 Å². The first kappa shape index (κ1) is 20.4. The van der Waals surface area contributed by atoms with Gasteiger partial charge in [-0.2, -0.15) is 5.10 Å². The minimum absolute atomic E-state index is 0.945. The summed E-state index contributed by atoms with van der Waals surface area (Å²) in [5.74, 6) is 0. The standard InChI is InChI=1S/C31H21N5/c1-2-11-30-26(9-1)28-21-32-17-14-25(28)27-13-12-23(35-18-6-16-34-35)20-31(27)36(30)24-8-5-7-22(19-24)29-10-3-4-15-33-29/h1-21H. The Kier molecular flexibility index (Phi) is 4.71. The molecule has 0 aliphatic carbocycles. The van der Waals surface area contributed by atoms with Gasteiger partial charge >= 0.3 is 0 Å². The first-order valence-electron chi connectivity index (χ1n) is 11.9. The van der Waals surface area contributed by atoms with E-state index in [4.69, 9.17) is 0 Å². The van der Waals surface area contributed by atoms with Gasteiger partial charge in [0.2, 0.25) is 0 Å². The molecule has 0 N–H and O–H groups in total. The second kappa shape index (κ2) is 8.32. The first-order valence-corrected chi connectivity index (χ1v) is 11.9. The zero-order valence-corrected chi connectivity index (χ0v) is 19.4. The Morgan fingerprint density at radius 1 is 0.556 bits per heavy atom. The Hall–Kier alpha value is -5.03. The highest BCUT2D eigenvalue weighted by Gasteiger charge is 2.26. The molecule has 0 amide bonds. The molecular formula is C31H21N5. The molecule has 36 heavy (non-hydrogen) atoms. The van der Waals surface area contributed by atoms with Crippen LogP contribution in [0.5, 0.6) is 0 Å². The Bertz CT molecular complexity index is 1690. The summed E-state index contributed by atoms with van der Waals surface area (Å²) >= 11 is 0. The zero-order valence-electron chi connectivity index (χ0n) is 19.4. The number of hydrogen-bond acceptors (Lipinski definition) is 4. The molecule has 5 nitrogen and oxygen atoms in total. The Morgan fingerprint density at radius 2 is 1.47 bits per heavy atom. The fraction of sp³-hybridized carbons (Fsp3) is 0. The minimum Gasteiger partial charge on any atom is -0.309 e. The van der Waals surface area contributed by atoms with Gasteiger partial charge in [-0.15, -0.1) is 0 Å². The van der Waals surface area contributed by atoms with Crippen LogP contribution < -0.4 is 4.90 Å². The molecule has 0 fully saturated rings. The molecule has 0 unspecified atom stereocenters. The molecule has 1 aliphatic rings. The van der Waals surface area contributed by atoms with E-state index in [0.29, 0.717) is 0 Å². The van der Waals surface area contributed by atoms with E-state index in [1.54, 1.807) is 6.20 Å². The minimum atomic E-state index is 0.945. The van der Waals surface area contributed by atoms with E-state index >= 15 is 0 Å². The van der Waals surface area contributed by atoms with Gasteiger partial charge in [-0.05, 0) is 60.2 Å². The summed E-state index contributed by atoms with van der Waals surface area (Å²) in [6, 6.07) is 33.7. The summed E-state index contributed by atoms with van der Waals surface area (Å²) < 4.78 is 1.90. The Balaban J connectivity index is 1.53. The monoisotopic (exact) mass is 463 g/mol. The number of rotatable bonds is 3. The molecule has 5 heteroatoms. The van der Waals surface area contributed by atoms with Crippen LogP contribution in [0.25, 0.3) is 39.2 Å². The van der Waals surface area contributed by atoms with Crippen LogP contribution in [0.3, 0.4) is 0 Å². The lowest BCUT2D eigenvalue weighted by Gasteiger charge is -2.28. The van der Waals surface area contributed by atoms with Crippen molar-refractivity contribution in [2.24, 2.45) is 0 Å². The predicted octanol–water partition coefficient (Wildman–Crippen LogP) is 7.45. The molecule has 1 aliphatic heterocycles. The molecule has 3 aromatic carbocycles. The van der Waals surface area contributed by atoms with Gasteiger partial charge in [0.1, 0.15) is 0 Å². The highest BCUT2D eigenvalue weighted by molar-refractivity contribution is 6.02. The lowest BCUT2D eigenvalue weighted by atomic mass is 9.96. The molecule has 4 heterocycles. The molecule has 0 bridgehead atoms. The van der Waals surface area contributed by atoms with Crippen LogP contribution in [0.15, 0.2) is 128 Å². The number of nitrogens with zero attached hydrogens (tertiary/aromatic N) is 5. The number of para-hydroxylation sites is 1. The van der Waals surface area contributed by atoms with Gasteiger partial charge in [-0.1, -0.05) is 42.5 Å². The van der Waals surface area contributed by atoms with Crippen molar-refractivity contribution in [3.05, 3.63) is 128 Å². The van der Waals surface area contributed by atoms with Gasteiger partial charge in [-0.25, -0.2) is 4.68 Å². The van der Waals surface area contributed by atoms with Crippen molar-refractivity contribution in [1.29, 1.82) is 0 Å². The summed E-state index contributed by atoms with van der Waals surface area (Å²) in [4.78, 5) is 11.4. The van der Waals surface area contributed by atoms with E-state index in [9.17, 15) is 0 Å². The summed E-state index contributed by atoms with van der Waals surface area (Å²) in [6.07, 6.45) is 9.43. The molecule has 0 atom stereocenters. The van der Waals surface area contributed by atoms with Gasteiger partial charge in [0.15, 0.2) is 0 Å². The van der Waals surface area contributed by atoms with Crippen molar-refractivity contribution in [1.82, 2.24) is 19.7 Å². The van der Waals surface area contributed by atoms with E-state index in [1.807, 2.05) is 53.7 Å². The maximum Gasteiger partial charge on any atom is 0.0702 e. The zero-order chi connectivity index (χ0) is 23.9. The molecule has 0 saturated heterocycles. The van der Waals surface area contributed by atoms with Gasteiger partial charge in [-0.3, -0.25) is 9.97 Å². The molecule has 170 valence electrons. The summed E-state index contributed by atoms with van der Waals surface area (Å²) in [5.41, 5.74) is 10.8. The van der Waals surface area contributed by atoms with Crippen molar-refractivity contribution >= 4 is 17.1 Å². The molecule has 0 spiro atoms. The molecule has 3 aromatic heterocycles. The van der Waals surface area contributed by atoms with Crippen LogP contribution >= 0.6 is 0 Å². The Morgan fingerprint density at radius 3 is 2.36 bits per heavy atom. The van der Waals surface area contributed by atoms with E-state index < -0.39 is 0 Å². The van der Waals surface area contributed by atoms with Gasteiger partial charge in [0.05, 0.1) is 22.8 Å². The Labute approximate surface area is 209 Å². The lowest BCUT2D eigenvalue weighted by Crippen LogP contribution is -2.11. The normalized spacial score (nSPS) is 11.8. The van der Waals surface area contributed by atoms with Crippen molar-refractivity contribution in [2.75, 3.05) is 4.90 Å². The third-order valence-corrected chi connectivity index (χ3v) is 6.60. The quantitative estimate of drug-likeness (QED) is 0.273. The maximum absolute atomic E-state index is 4.58. The summed E-state index contributed by atoms with van der Waals surface area (Å²) in [5, 5.41) is 4.48. The molecule has 0 radical (unpaired) electrons. The van der Waals surface area contributed by atoms with Crippen molar-refractivity contribution in [2.45, 2.75) is 0 Å². The van der Waals surface area contributed by atoms with Crippen molar-refractivity contribution < 1.29 is 0 Å². The van der Waals surface area contributed by atoms with E-state index in [2.05, 4.69) is 92.8 Å². The van der Waals surface area contributed by atoms with Gasteiger partial charge < -0.3 is 4.90 Å². The van der Waals surface area contributed by atoms with Crippen LogP contribution in [0, 0.1) is 0 Å². The van der Waals surface area contributed by atoms with Crippen molar-refractivity contribution in [3.63, 3.8) is 0 Å². The third kappa shape index (κ3) is 3.29. The summed E-state index contributed by atoms with van der Waals surface area (Å²) in [7, 11) is 0. The number of fused-ring (bicyclic) bond motifs is 5. The number of hydrogen-bond donors (Lipinski definition) is 0. The second-order valence-electron chi connectivity index (χ2n) is 8.69. The van der Waals surface area contributed by atoms with Crippen LogP contribution in [0.1, 0.15) is 0 Å². The highest BCUT2D eigenvalue weighted by Crippen LogP contribution is 2.51. The highest BCUT2D eigenvalue weighted by atomic mass is 15.3. The second-order valence-corrected chi connectivity index (χ2v) is 8.69. The molecule has 0 saturated carbocycles. The van der Waals surface area contributed by atoms with E-state index in [-0.39, 0.29) is 0 Å². The number of anilines is 3. The predicted molar refractivity (Wildman–Crippen MR) is 144 cm³/mol. The molecular weight excluding hydrogens is 442 g/mol. The summed E-state index contributed by atoms with van der Waals surface area (Å²) in [6.45, 7) is 0. The van der Waals surface area contributed by atoms with Crippen LogP contribution in [0.4, 0.5) is 17.1 Å². The number of aromatic nitrogens is 4. The largest absolute Gasteiger partial charge is 0.309 e.